The molecular formula is C11H11NO5S. The molecule has 2 heterocycles. The minimum absolute atomic E-state index is 0.125. The highest BCUT2D eigenvalue weighted by molar-refractivity contribution is 8.00. The van der Waals surface area contributed by atoms with Crippen LogP contribution >= 0.6 is 11.8 Å². The van der Waals surface area contributed by atoms with Gasteiger partial charge in [-0.05, 0) is 19.1 Å². The third-order valence-corrected chi connectivity index (χ3v) is 3.67. The summed E-state index contributed by atoms with van der Waals surface area (Å²) in [7, 11) is 0. The predicted octanol–water partition coefficient (Wildman–Crippen LogP) is 1.22. The van der Waals surface area contributed by atoms with Crippen molar-refractivity contribution in [1.29, 1.82) is 0 Å². The SMILES string of the molecule is CCN1C(=O)CC(Sc2ccc(C(=O)O)o2)C1=O. The normalized spacial score (nSPS) is 19.6. The number of carboxylic acid groups (broad SMARTS) is 1. The lowest BCUT2D eigenvalue weighted by Crippen LogP contribution is -2.30. The highest BCUT2D eigenvalue weighted by Crippen LogP contribution is 2.32. The number of likely N-dealkylation sites (tertiary alicyclic amines) is 1. The van der Waals surface area contributed by atoms with Crippen molar-refractivity contribution in [3.63, 3.8) is 0 Å². The van der Waals surface area contributed by atoms with Crippen LogP contribution in [0.1, 0.15) is 23.9 Å². The van der Waals surface area contributed by atoms with E-state index in [2.05, 4.69) is 0 Å². The van der Waals surface area contributed by atoms with Gasteiger partial charge in [-0.15, -0.1) is 0 Å². The molecule has 96 valence electrons. The maximum Gasteiger partial charge on any atom is 0.371 e. The summed E-state index contributed by atoms with van der Waals surface area (Å²) in [6.07, 6.45) is 0.125. The number of hydrogen-bond donors (Lipinski definition) is 1. The Morgan fingerprint density at radius 1 is 1.56 bits per heavy atom. The van der Waals surface area contributed by atoms with Crippen molar-refractivity contribution in [3.8, 4) is 0 Å². The van der Waals surface area contributed by atoms with Gasteiger partial charge in [0.05, 0.1) is 0 Å². The van der Waals surface area contributed by atoms with Crippen LogP contribution in [0.4, 0.5) is 0 Å². The second-order valence-corrected chi connectivity index (χ2v) is 4.92. The molecule has 0 saturated carbocycles. The molecule has 1 N–H and O–H groups in total. The minimum Gasteiger partial charge on any atom is -0.475 e. The highest BCUT2D eigenvalue weighted by Gasteiger charge is 2.38. The first kappa shape index (κ1) is 12.7. The van der Waals surface area contributed by atoms with Crippen LogP contribution in [-0.4, -0.2) is 39.6 Å². The summed E-state index contributed by atoms with van der Waals surface area (Å²) in [4.78, 5) is 35.1. The molecule has 1 unspecified atom stereocenters. The molecule has 1 atom stereocenters. The first-order chi connectivity index (χ1) is 8.52. The Kier molecular flexibility index (Phi) is 3.42. The van der Waals surface area contributed by atoms with Crippen molar-refractivity contribution in [2.45, 2.75) is 23.7 Å². The fourth-order valence-electron chi connectivity index (χ4n) is 1.72. The molecule has 1 aromatic heterocycles. The van der Waals surface area contributed by atoms with Crippen molar-refractivity contribution in [2.24, 2.45) is 0 Å². The quantitative estimate of drug-likeness (QED) is 0.827. The lowest BCUT2D eigenvalue weighted by molar-refractivity contribution is -0.137. The smallest absolute Gasteiger partial charge is 0.371 e. The van der Waals surface area contributed by atoms with E-state index >= 15 is 0 Å². The van der Waals surface area contributed by atoms with Crippen LogP contribution < -0.4 is 0 Å². The van der Waals surface area contributed by atoms with E-state index in [1.54, 1.807) is 6.92 Å². The molecule has 0 spiro atoms. The molecule has 2 rings (SSSR count). The Morgan fingerprint density at radius 3 is 2.78 bits per heavy atom. The van der Waals surface area contributed by atoms with Crippen LogP contribution in [0.2, 0.25) is 0 Å². The summed E-state index contributed by atoms with van der Waals surface area (Å²) in [6, 6.07) is 2.81. The summed E-state index contributed by atoms with van der Waals surface area (Å²) in [5.74, 6) is -1.79. The van der Waals surface area contributed by atoms with Gasteiger partial charge >= 0.3 is 5.97 Å². The lowest BCUT2D eigenvalue weighted by Gasteiger charge is -2.10. The topological polar surface area (TPSA) is 87.8 Å². The summed E-state index contributed by atoms with van der Waals surface area (Å²) >= 11 is 1.08. The standard InChI is InChI=1S/C11H11NO5S/c1-2-12-8(13)5-7(10(12)14)18-9-4-3-6(17-9)11(15)16/h3-4,7H,2,5H2,1H3,(H,15,16). The minimum atomic E-state index is -1.16. The third kappa shape index (κ3) is 2.26. The molecule has 18 heavy (non-hydrogen) atoms. The Balaban J connectivity index is 2.08. The molecule has 1 fully saturated rings. The first-order valence-corrected chi connectivity index (χ1v) is 6.25. The average molecular weight is 269 g/mol. The molecule has 0 radical (unpaired) electrons. The number of carbonyl (C=O) groups is 3. The highest BCUT2D eigenvalue weighted by atomic mass is 32.2. The monoisotopic (exact) mass is 269 g/mol. The van der Waals surface area contributed by atoms with Crippen LogP contribution in [0.15, 0.2) is 21.6 Å². The number of furan rings is 1. The van der Waals surface area contributed by atoms with Gasteiger partial charge in [-0.1, -0.05) is 11.8 Å². The van der Waals surface area contributed by atoms with Crippen molar-refractivity contribution in [3.05, 3.63) is 17.9 Å². The summed E-state index contributed by atoms with van der Waals surface area (Å²) in [5.41, 5.74) is 0. The van der Waals surface area contributed by atoms with Crippen LogP contribution in [0, 0.1) is 0 Å². The largest absolute Gasteiger partial charge is 0.475 e. The van der Waals surface area contributed by atoms with Crippen LogP contribution in [0.5, 0.6) is 0 Å². The van der Waals surface area contributed by atoms with E-state index in [0.29, 0.717) is 11.6 Å². The van der Waals surface area contributed by atoms with Gasteiger partial charge in [0.25, 0.3) is 0 Å². The van der Waals surface area contributed by atoms with Crippen LogP contribution in [-0.2, 0) is 9.59 Å². The van der Waals surface area contributed by atoms with Gasteiger partial charge in [-0.3, -0.25) is 14.5 Å². The average Bonchev–Trinajstić information content (AvgIpc) is 2.86. The van der Waals surface area contributed by atoms with Gasteiger partial charge in [-0.2, -0.15) is 0 Å². The van der Waals surface area contributed by atoms with E-state index in [1.165, 1.54) is 17.0 Å². The van der Waals surface area contributed by atoms with Crippen molar-refractivity contribution >= 4 is 29.5 Å². The van der Waals surface area contributed by atoms with Gasteiger partial charge in [-0.25, -0.2) is 4.79 Å². The second-order valence-electron chi connectivity index (χ2n) is 3.71. The van der Waals surface area contributed by atoms with E-state index in [0.717, 1.165) is 11.8 Å². The predicted molar refractivity (Wildman–Crippen MR) is 62.3 cm³/mol. The van der Waals surface area contributed by atoms with Gasteiger partial charge in [0.1, 0.15) is 5.25 Å². The Bertz CT molecular complexity index is 509. The number of rotatable bonds is 4. The molecule has 1 aliphatic heterocycles. The summed E-state index contributed by atoms with van der Waals surface area (Å²) in [5, 5.41) is 8.51. The Hall–Kier alpha value is -1.76. The van der Waals surface area contributed by atoms with E-state index in [4.69, 9.17) is 9.52 Å². The van der Waals surface area contributed by atoms with E-state index in [1.807, 2.05) is 0 Å². The fourth-order valence-corrected chi connectivity index (χ4v) is 2.73. The summed E-state index contributed by atoms with van der Waals surface area (Å²) in [6.45, 7) is 2.09. The van der Waals surface area contributed by atoms with Crippen molar-refractivity contribution < 1.29 is 23.9 Å². The molecule has 2 amide bonds. The van der Waals surface area contributed by atoms with Gasteiger partial charge < -0.3 is 9.52 Å². The Morgan fingerprint density at radius 2 is 2.28 bits per heavy atom. The van der Waals surface area contributed by atoms with E-state index < -0.39 is 11.2 Å². The third-order valence-electron chi connectivity index (χ3n) is 2.57. The second kappa shape index (κ2) is 4.85. The number of carboxylic acids is 1. The fraction of sp³-hybridized carbons (Fsp3) is 0.364. The van der Waals surface area contributed by atoms with Gasteiger partial charge in [0.15, 0.2) is 5.09 Å². The van der Waals surface area contributed by atoms with Crippen LogP contribution in [0.3, 0.4) is 0 Å². The zero-order valence-electron chi connectivity index (χ0n) is 9.58. The zero-order chi connectivity index (χ0) is 13.3. The molecule has 0 aliphatic carbocycles. The first-order valence-electron chi connectivity index (χ1n) is 5.37. The Labute approximate surface area is 107 Å². The molecule has 0 aromatic carbocycles. The van der Waals surface area contributed by atoms with Gasteiger partial charge in [0.2, 0.25) is 17.6 Å². The van der Waals surface area contributed by atoms with Gasteiger partial charge in [0, 0.05) is 13.0 Å². The molecule has 6 nitrogen and oxygen atoms in total. The number of amides is 2. The van der Waals surface area contributed by atoms with E-state index in [9.17, 15) is 14.4 Å². The summed E-state index contributed by atoms with van der Waals surface area (Å²) < 4.78 is 5.04. The van der Waals surface area contributed by atoms with Crippen molar-refractivity contribution in [1.82, 2.24) is 4.90 Å². The van der Waals surface area contributed by atoms with E-state index in [-0.39, 0.29) is 24.0 Å². The number of nitrogens with zero attached hydrogens (tertiary/aromatic N) is 1. The number of thioether (sulfide) groups is 1. The number of imide groups is 1. The molecular weight excluding hydrogens is 258 g/mol. The molecule has 0 bridgehead atoms. The zero-order valence-corrected chi connectivity index (χ0v) is 10.4. The maximum atomic E-state index is 11.8. The lowest BCUT2D eigenvalue weighted by atomic mass is 10.4. The molecule has 1 aliphatic rings. The molecule has 1 aromatic rings. The van der Waals surface area contributed by atoms with Crippen molar-refractivity contribution in [2.75, 3.05) is 6.54 Å². The number of carbonyl (C=O) groups excluding carboxylic acids is 2. The molecule has 1 saturated heterocycles. The number of aromatic carboxylic acids is 1. The number of hydrogen-bond acceptors (Lipinski definition) is 5. The maximum absolute atomic E-state index is 11.8. The van der Waals surface area contributed by atoms with Crippen LogP contribution in [0.25, 0.3) is 0 Å². The molecule has 7 heteroatoms.